The third-order valence-corrected chi connectivity index (χ3v) is 9.37. The summed E-state index contributed by atoms with van der Waals surface area (Å²) < 4.78 is 20.5. The highest BCUT2D eigenvalue weighted by molar-refractivity contribution is 6.16. The number of cyclic esters (lactones) is 4. The highest BCUT2D eigenvalue weighted by Crippen LogP contribution is 2.53. The average molecular weight is 659 g/mol. The molecule has 4 aromatic carbocycles. The second kappa shape index (κ2) is 11.7. The number of benzene rings is 4. The molecule has 4 aromatic rings. The van der Waals surface area contributed by atoms with Crippen molar-refractivity contribution >= 4 is 35.8 Å². The molecule has 0 radical (unpaired) electrons. The largest absolute Gasteiger partial charge is 0.423 e. The number of ether oxygens (including phenoxy) is 4. The molecule has 1 saturated carbocycles. The molecule has 1 atom stereocenters. The van der Waals surface area contributed by atoms with E-state index in [4.69, 9.17) is 9.47 Å². The molecule has 10 nitrogen and oxygen atoms in total. The molecule has 3 aliphatic rings. The molecule has 2 aliphatic heterocycles. The summed E-state index contributed by atoms with van der Waals surface area (Å²) in [4.78, 5) is 73.3. The minimum absolute atomic E-state index is 0.0140. The Morgan fingerprint density at radius 2 is 1.00 bits per heavy atom. The zero-order valence-electron chi connectivity index (χ0n) is 26.9. The second-order valence-electron chi connectivity index (χ2n) is 13.6. The highest BCUT2D eigenvalue weighted by atomic mass is 16.6. The SMILES string of the molecule is CC1CC(C)(C)CC(c2ccc(OC(=O)c3ccc4c(c3)C(=O)OC4=O)cc2)(c2ccc(OC(=O)c3ccc4c(c3)C(=O)OC4=O)cc2)C1. The molecule has 1 unspecified atom stereocenters. The van der Waals surface area contributed by atoms with Crippen LogP contribution in [0.4, 0.5) is 0 Å². The lowest BCUT2D eigenvalue weighted by molar-refractivity contribution is 0.0425. The molecule has 0 spiro atoms. The maximum atomic E-state index is 12.9. The van der Waals surface area contributed by atoms with E-state index in [9.17, 15) is 28.8 Å². The minimum Gasteiger partial charge on any atom is -0.423 e. The average Bonchev–Trinajstić information content (AvgIpc) is 3.52. The minimum atomic E-state index is -0.800. The first-order valence-electron chi connectivity index (χ1n) is 15.8. The Kier molecular flexibility index (Phi) is 7.54. The summed E-state index contributed by atoms with van der Waals surface area (Å²) in [5, 5.41) is 0. The summed E-state index contributed by atoms with van der Waals surface area (Å²) in [6, 6.07) is 22.9. The topological polar surface area (TPSA) is 139 Å². The summed E-state index contributed by atoms with van der Waals surface area (Å²) in [7, 11) is 0. The monoisotopic (exact) mass is 658 g/mol. The predicted octanol–water partition coefficient (Wildman–Crippen LogP) is 6.88. The number of carbonyl (C=O) groups is 6. The van der Waals surface area contributed by atoms with Gasteiger partial charge < -0.3 is 18.9 Å². The van der Waals surface area contributed by atoms with Crippen molar-refractivity contribution < 1.29 is 47.7 Å². The van der Waals surface area contributed by atoms with E-state index in [1.807, 2.05) is 24.3 Å². The number of fused-ring (bicyclic) bond motifs is 2. The molecule has 0 saturated heterocycles. The third kappa shape index (κ3) is 5.79. The summed E-state index contributed by atoms with van der Waals surface area (Å²) >= 11 is 0. The van der Waals surface area contributed by atoms with Gasteiger partial charge in [-0.2, -0.15) is 0 Å². The third-order valence-electron chi connectivity index (χ3n) is 9.37. The zero-order valence-corrected chi connectivity index (χ0v) is 26.9. The van der Waals surface area contributed by atoms with Crippen LogP contribution in [0.3, 0.4) is 0 Å². The van der Waals surface area contributed by atoms with Crippen LogP contribution in [0.5, 0.6) is 11.5 Å². The van der Waals surface area contributed by atoms with Crippen molar-refractivity contribution in [3.63, 3.8) is 0 Å². The molecular formula is C39H30O10. The van der Waals surface area contributed by atoms with Gasteiger partial charge in [-0.05, 0) is 102 Å². The lowest BCUT2D eigenvalue weighted by Gasteiger charge is -2.48. The standard InChI is InChI=1S/C39H30O10/c1-21-18-38(2,3)20-39(19-21,24-6-10-26(11-7-24)46-32(40)22-4-14-28-30(16-22)36(44)48-34(28)42)25-8-12-27(13-9-25)47-33(41)23-5-15-29-31(17-23)37(45)49-35(29)43/h4-17,21H,18-20H2,1-3H3. The lowest BCUT2D eigenvalue weighted by atomic mass is 9.55. The van der Waals surface area contributed by atoms with Gasteiger partial charge in [-0.3, -0.25) is 0 Å². The van der Waals surface area contributed by atoms with Gasteiger partial charge in [-0.1, -0.05) is 45.0 Å². The Labute approximate surface area is 280 Å². The van der Waals surface area contributed by atoms with Gasteiger partial charge in [-0.15, -0.1) is 0 Å². The Hall–Kier alpha value is -5.90. The number of esters is 6. The van der Waals surface area contributed by atoms with E-state index in [1.54, 1.807) is 24.3 Å². The summed E-state index contributed by atoms with van der Waals surface area (Å²) in [6.07, 6.45) is 2.76. The number of carbonyl (C=O) groups excluding carboxylic acids is 6. The van der Waals surface area contributed by atoms with Crippen molar-refractivity contribution in [3.8, 4) is 11.5 Å². The predicted molar refractivity (Wildman–Crippen MR) is 173 cm³/mol. The van der Waals surface area contributed by atoms with Crippen molar-refractivity contribution in [3.05, 3.63) is 129 Å². The molecule has 0 bridgehead atoms. The molecule has 246 valence electrons. The molecular weight excluding hydrogens is 628 g/mol. The number of rotatable bonds is 6. The van der Waals surface area contributed by atoms with E-state index in [-0.39, 0.29) is 38.8 Å². The fourth-order valence-electron chi connectivity index (χ4n) is 7.62. The van der Waals surface area contributed by atoms with Crippen LogP contribution in [-0.2, 0) is 14.9 Å². The lowest BCUT2D eigenvalue weighted by Crippen LogP contribution is -2.41. The van der Waals surface area contributed by atoms with Crippen LogP contribution in [0.25, 0.3) is 0 Å². The van der Waals surface area contributed by atoms with Gasteiger partial charge in [0.25, 0.3) is 0 Å². The Balaban J connectivity index is 1.12. The normalized spacial score (nSPS) is 18.6. The van der Waals surface area contributed by atoms with Gasteiger partial charge in [0, 0.05) is 5.41 Å². The maximum Gasteiger partial charge on any atom is 0.346 e. The summed E-state index contributed by atoms with van der Waals surface area (Å²) in [5.41, 5.74) is 2.19. The van der Waals surface area contributed by atoms with Crippen molar-refractivity contribution in [2.75, 3.05) is 0 Å². The summed E-state index contributed by atoms with van der Waals surface area (Å²) in [5.74, 6) is -3.41. The van der Waals surface area contributed by atoms with Crippen molar-refractivity contribution in [2.24, 2.45) is 11.3 Å². The first kappa shape index (κ1) is 31.7. The first-order valence-corrected chi connectivity index (χ1v) is 15.8. The van der Waals surface area contributed by atoms with Crippen LogP contribution in [0, 0.1) is 11.3 Å². The van der Waals surface area contributed by atoms with Crippen LogP contribution in [0.15, 0.2) is 84.9 Å². The van der Waals surface area contributed by atoms with Crippen LogP contribution < -0.4 is 9.47 Å². The van der Waals surface area contributed by atoms with E-state index in [1.165, 1.54) is 36.4 Å². The smallest absolute Gasteiger partial charge is 0.346 e. The molecule has 1 fully saturated rings. The van der Waals surface area contributed by atoms with E-state index in [0.717, 1.165) is 30.4 Å². The van der Waals surface area contributed by atoms with E-state index in [0.29, 0.717) is 17.4 Å². The number of hydrogen-bond donors (Lipinski definition) is 0. The molecule has 0 N–H and O–H groups in total. The maximum absolute atomic E-state index is 12.9. The van der Waals surface area contributed by atoms with Crippen LogP contribution in [0.2, 0.25) is 0 Å². The quantitative estimate of drug-likeness (QED) is 0.122. The summed E-state index contributed by atoms with van der Waals surface area (Å²) in [6.45, 7) is 6.75. The molecule has 7 rings (SSSR count). The Morgan fingerprint density at radius 1 is 0.592 bits per heavy atom. The van der Waals surface area contributed by atoms with Gasteiger partial charge >= 0.3 is 35.8 Å². The van der Waals surface area contributed by atoms with Crippen LogP contribution >= 0.6 is 0 Å². The molecule has 49 heavy (non-hydrogen) atoms. The Bertz CT molecular complexity index is 1950. The van der Waals surface area contributed by atoms with E-state index >= 15 is 0 Å². The number of hydrogen-bond acceptors (Lipinski definition) is 10. The van der Waals surface area contributed by atoms with Crippen molar-refractivity contribution in [2.45, 2.75) is 45.4 Å². The molecule has 2 heterocycles. The van der Waals surface area contributed by atoms with Gasteiger partial charge in [0.1, 0.15) is 11.5 Å². The van der Waals surface area contributed by atoms with E-state index in [2.05, 4.69) is 30.2 Å². The van der Waals surface area contributed by atoms with Gasteiger partial charge in [0.15, 0.2) is 0 Å². The Morgan fingerprint density at radius 3 is 1.41 bits per heavy atom. The van der Waals surface area contributed by atoms with Gasteiger partial charge in [0.2, 0.25) is 0 Å². The zero-order chi connectivity index (χ0) is 34.7. The second-order valence-corrected chi connectivity index (χ2v) is 13.6. The van der Waals surface area contributed by atoms with Gasteiger partial charge in [-0.25, -0.2) is 28.8 Å². The van der Waals surface area contributed by atoms with Crippen LogP contribution in [0.1, 0.15) is 113 Å². The van der Waals surface area contributed by atoms with Gasteiger partial charge in [0.05, 0.1) is 33.4 Å². The fourth-order valence-corrected chi connectivity index (χ4v) is 7.62. The van der Waals surface area contributed by atoms with E-state index < -0.39 is 41.2 Å². The molecule has 10 heteroatoms. The van der Waals surface area contributed by atoms with Crippen LogP contribution in [-0.4, -0.2) is 35.8 Å². The molecule has 1 aliphatic carbocycles. The van der Waals surface area contributed by atoms with Crippen molar-refractivity contribution in [1.29, 1.82) is 0 Å². The molecule has 0 amide bonds. The highest BCUT2D eigenvalue weighted by Gasteiger charge is 2.45. The first-order chi connectivity index (χ1) is 23.3. The molecule has 0 aromatic heterocycles. The van der Waals surface area contributed by atoms with Crippen molar-refractivity contribution in [1.82, 2.24) is 0 Å². The fraction of sp³-hybridized carbons (Fsp3) is 0.231.